The molecule has 4 rings (SSSR count). The molecule has 2 aliphatic carbocycles. The number of amides is 2. The Morgan fingerprint density at radius 3 is 2.57 bits per heavy atom. The fourth-order valence-electron chi connectivity index (χ4n) is 5.54. The van der Waals surface area contributed by atoms with Gasteiger partial charge in [-0.3, -0.25) is 24.4 Å². The number of nitrogens with one attached hydrogen (secondary N) is 2. The standard InChI is InChI=1S/C22H35N5O3/c1-4-23-22(25-12-14(2)26-9-10-30-13-15(26)3)24-7-8-27-20(28)18-16-5-6-17(11-16)19(18)21(27)29/h5-6,14-19H,4,7-13H2,1-3H3,(H2,23,24,25). The van der Waals surface area contributed by atoms with Crippen molar-refractivity contribution >= 4 is 17.8 Å². The van der Waals surface area contributed by atoms with E-state index >= 15 is 0 Å². The highest BCUT2D eigenvalue weighted by Crippen LogP contribution is 2.52. The first kappa shape index (κ1) is 21.3. The fraction of sp³-hybridized carbons (Fsp3) is 0.773. The summed E-state index contributed by atoms with van der Waals surface area (Å²) in [5.41, 5.74) is 0. The highest BCUT2D eigenvalue weighted by atomic mass is 16.5. The lowest BCUT2D eigenvalue weighted by molar-refractivity contribution is -0.140. The molecule has 166 valence electrons. The van der Waals surface area contributed by atoms with E-state index in [1.54, 1.807) is 0 Å². The van der Waals surface area contributed by atoms with Crippen molar-refractivity contribution in [3.63, 3.8) is 0 Å². The summed E-state index contributed by atoms with van der Waals surface area (Å²) in [4.78, 5) is 34.2. The van der Waals surface area contributed by atoms with Gasteiger partial charge in [-0.25, -0.2) is 0 Å². The zero-order valence-electron chi connectivity index (χ0n) is 18.3. The third-order valence-corrected chi connectivity index (χ3v) is 7.03. The minimum Gasteiger partial charge on any atom is -0.379 e. The molecule has 6 unspecified atom stereocenters. The van der Waals surface area contributed by atoms with Gasteiger partial charge in [0.2, 0.25) is 11.8 Å². The number of nitrogens with zero attached hydrogens (tertiary/aromatic N) is 3. The van der Waals surface area contributed by atoms with Crippen molar-refractivity contribution in [3.05, 3.63) is 12.2 Å². The first-order valence-corrected chi connectivity index (χ1v) is 11.4. The van der Waals surface area contributed by atoms with E-state index in [4.69, 9.17) is 9.73 Å². The number of morpholine rings is 1. The number of hydrogen-bond acceptors (Lipinski definition) is 5. The van der Waals surface area contributed by atoms with Crippen LogP contribution in [0.3, 0.4) is 0 Å². The monoisotopic (exact) mass is 417 g/mol. The number of ether oxygens (including phenoxy) is 1. The van der Waals surface area contributed by atoms with E-state index in [9.17, 15) is 9.59 Å². The SMILES string of the molecule is CCNC(=NCC(C)N1CCOCC1C)NCCN1C(=O)C2C3C=CC(C3)C2C1=O. The van der Waals surface area contributed by atoms with E-state index in [2.05, 4.69) is 41.5 Å². The summed E-state index contributed by atoms with van der Waals surface area (Å²) in [5.74, 6) is 1.04. The van der Waals surface area contributed by atoms with Gasteiger partial charge in [-0.1, -0.05) is 12.2 Å². The molecule has 0 aromatic rings. The van der Waals surface area contributed by atoms with Gasteiger partial charge < -0.3 is 15.4 Å². The molecule has 6 atom stereocenters. The first-order valence-electron chi connectivity index (χ1n) is 11.4. The van der Waals surface area contributed by atoms with E-state index in [-0.39, 0.29) is 35.5 Å². The molecule has 1 saturated carbocycles. The van der Waals surface area contributed by atoms with Crippen molar-refractivity contribution in [1.29, 1.82) is 0 Å². The van der Waals surface area contributed by atoms with Crippen LogP contribution in [0.2, 0.25) is 0 Å². The maximum absolute atomic E-state index is 12.8. The van der Waals surface area contributed by atoms with Gasteiger partial charge in [0.15, 0.2) is 5.96 Å². The van der Waals surface area contributed by atoms with Gasteiger partial charge in [-0.2, -0.15) is 0 Å². The van der Waals surface area contributed by atoms with Crippen molar-refractivity contribution in [1.82, 2.24) is 20.4 Å². The number of carbonyl (C=O) groups is 2. The molecular formula is C22H35N5O3. The van der Waals surface area contributed by atoms with Gasteiger partial charge in [-0.05, 0) is 39.0 Å². The Hall–Kier alpha value is -1.93. The second kappa shape index (κ2) is 9.06. The van der Waals surface area contributed by atoms with E-state index < -0.39 is 0 Å². The smallest absolute Gasteiger partial charge is 0.233 e. The van der Waals surface area contributed by atoms with Crippen molar-refractivity contribution < 1.29 is 14.3 Å². The molecule has 0 aromatic carbocycles. The number of hydrogen-bond donors (Lipinski definition) is 2. The summed E-state index contributed by atoms with van der Waals surface area (Å²) in [5, 5.41) is 6.56. The summed E-state index contributed by atoms with van der Waals surface area (Å²) < 4.78 is 5.52. The Kier molecular flexibility index (Phi) is 6.43. The highest BCUT2D eigenvalue weighted by molar-refractivity contribution is 6.06. The van der Waals surface area contributed by atoms with Gasteiger partial charge >= 0.3 is 0 Å². The number of aliphatic imine (C=N–C) groups is 1. The molecule has 8 heteroatoms. The molecule has 0 aromatic heterocycles. The first-order chi connectivity index (χ1) is 14.5. The fourth-order valence-corrected chi connectivity index (χ4v) is 5.54. The zero-order chi connectivity index (χ0) is 21.3. The molecule has 0 radical (unpaired) electrons. The van der Waals surface area contributed by atoms with Gasteiger partial charge in [0.05, 0.1) is 31.6 Å². The average molecular weight is 418 g/mol. The summed E-state index contributed by atoms with van der Waals surface area (Å²) >= 11 is 0. The van der Waals surface area contributed by atoms with Crippen molar-refractivity contribution in [3.8, 4) is 0 Å². The summed E-state index contributed by atoms with van der Waals surface area (Å²) in [6, 6.07) is 0.722. The minimum atomic E-state index is -0.120. The molecule has 3 fully saturated rings. The van der Waals surface area contributed by atoms with Gasteiger partial charge in [0, 0.05) is 38.3 Å². The van der Waals surface area contributed by atoms with Crippen LogP contribution in [0.25, 0.3) is 0 Å². The van der Waals surface area contributed by atoms with E-state index in [0.717, 1.165) is 38.7 Å². The van der Waals surface area contributed by atoms with Crippen LogP contribution in [0.1, 0.15) is 27.2 Å². The molecule has 0 spiro atoms. The number of rotatable bonds is 7. The van der Waals surface area contributed by atoms with Crippen molar-refractivity contribution in [2.75, 3.05) is 45.9 Å². The number of carbonyl (C=O) groups excluding carboxylic acids is 2. The largest absolute Gasteiger partial charge is 0.379 e. The van der Waals surface area contributed by atoms with Crippen LogP contribution < -0.4 is 10.6 Å². The summed E-state index contributed by atoms with van der Waals surface area (Å²) in [6.07, 6.45) is 5.23. The quantitative estimate of drug-likeness (QED) is 0.271. The predicted octanol–water partition coefficient (Wildman–Crippen LogP) is 0.458. The molecule has 2 aliphatic heterocycles. The topological polar surface area (TPSA) is 86.3 Å². The molecule has 2 N–H and O–H groups in total. The lowest BCUT2D eigenvalue weighted by atomic mass is 9.85. The zero-order valence-corrected chi connectivity index (χ0v) is 18.3. The molecule has 30 heavy (non-hydrogen) atoms. The van der Waals surface area contributed by atoms with Gasteiger partial charge in [-0.15, -0.1) is 0 Å². The Bertz CT molecular complexity index is 694. The van der Waals surface area contributed by atoms with Crippen LogP contribution in [0.5, 0.6) is 0 Å². The average Bonchev–Trinajstić information content (AvgIpc) is 3.41. The molecule has 2 heterocycles. The van der Waals surface area contributed by atoms with Crippen LogP contribution in [0.15, 0.2) is 17.1 Å². The lowest BCUT2D eigenvalue weighted by Crippen LogP contribution is -2.50. The van der Waals surface area contributed by atoms with Crippen LogP contribution in [-0.2, 0) is 14.3 Å². The Balaban J connectivity index is 1.28. The highest BCUT2D eigenvalue weighted by Gasteiger charge is 2.58. The molecule has 2 amide bonds. The number of likely N-dealkylation sites (tertiary alicyclic amines) is 1. The second-order valence-electron chi connectivity index (χ2n) is 8.99. The van der Waals surface area contributed by atoms with Crippen LogP contribution in [0, 0.1) is 23.7 Å². The number of allylic oxidation sites excluding steroid dienone is 2. The summed E-state index contributed by atoms with van der Waals surface area (Å²) in [6.45, 7) is 11.2. The maximum atomic E-state index is 12.8. The van der Waals surface area contributed by atoms with Crippen molar-refractivity contribution in [2.24, 2.45) is 28.7 Å². The van der Waals surface area contributed by atoms with Gasteiger partial charge in [0.25, 0.3) is 0 Å². The molecular weight excluding hydrogens is 382 g/mol. The second-order valence-corrected chi connectivity index (χ2v) is 8.99. The number of fused-ring (bicyclic) bond motifs is 5. The molecule has 2 saturated heterocycles. The third-order valence-electron chi connectivity index (χ3n) is 7.03. The maximum Gasteiger partial charge on any atom is 0.233 e. The summed E-state index contributed by atoms with van der Waals surface area (Å²) in [7, 11) is 0. The minimum absolute atomic E-state index is 0.0144. The van der Waals surface area contributed by atoms with Crippen LogP contribution in [-0.4, -0.2) is 85.6 Å². The third kappa shape index (κ3) is 3.99. The Morgan fingerprint density at radius 2 is 1.93 bits per heavy atom. The van der Waals surface area contributed by atoms with E-state index in [1.807, 2.05) is 6.92 Å². The van der Waals surface area contributed by atoms with Crippen molar-refractivity contribution in [2.45, 2.75) is 39.3 Å². The number of guanidine groups is 1. The number of imide groups is 1. The van der Waals surface area contributed by atoms with Gasteiger partial charge in [0.1, 0.15) is 0 Å². The van der Waals surface area contributed by atoms with E-state index in [0.29, 0.717) is 31.7 Å². The van der Waals surface area contributed by atoms with E-state index in [1.165, 1.54) is 4.90 Å². The van der Waals surface area contributed by atoms with Crippen LogP contribution in [0.4, 0.5) is 0 Å². The molecule has 8 nitrogen and oxygen atoms in total. The molecule has 2 bridgehead atoms. The predicted molar refractivity (Wildman–Crippen MR) is 115 cm³/mol. The lowest BCUT2D eigenvalue weighted by Gasteiger charge is -2.37. The molecule has 4 aliphatic rings. The normalized spacial score (nSPS) is 34.6. The van der Waals surface area contributed by atoms with Crippen LogP contribution >= 0.6 is 0 Å². The Morgan fingerprint density at radius 1 is 1.23 bits per heavy atom. The Labute approximate surface area is 179 Å².